The highest BCUT2D eigenvalue weighted by molar-refractivity contribution is 5.93. The minimum atomic E-state index is -0.455. The zero-order valence-corrected chi connectivity index (χ0v) is 14.1. The van der Waals surface area contributed by atoms with Gasteiger partial charge in [0.15, 0.2) is 0 Å². The van der Waals surface area contributed by atoms with Gasteiger partial charge in [-0.3, -0.25) is 14.6 Å². The van der Waals surface area contributed by atoms with Crippen LogP contribution in [0, 0.1) is 6.92 Å². The molecule has 6 nitrogen and oxygen atoms in total. The van der Waals surface area contributed by atoms with E-state index in [4.69, 9.17) is 4.74 Å². The summed E-state index contributed by atoms with van der Waals surface area (Å²) in [6.45, 7) is 3.08. The lowest BCUT2D eigenvalue weighted by atomic mass is 9.87. The molecule has 0 saturated carbocycles. The van der Waals surface area contributed by atoms with E-state index in [1.54, 1.807) is 25.3 Å². The van der Waals surface area contributed by atoms with Crippen LogP contribution in [0.1, 0.15) is 41.7 Å². The zero-order valence-electron chi connectivity index (χ0n) is 14.1. The molecule has 1 fully saturated rings. The molecule has 0 spiro atoms. The van der Waals surface area contributed by atoms with Crippen molar-refractivity contribution in [3.05, 3.63) is 29.6 Å². The van der Waals surface area contributed by atoms with Crippen LogP contribution in [-0.2, 0) is 9.53 Å². The maximum absolute atomic E-state index is 12.7. The van der Waals surface area contributed by atoms with Crippen LogP contribution in [0.2, 0.25) is 0 Å². The number of carbonyl (C=O) groups is 2. The van der Waals surface area contributed by atoms with Gasteiger partial charge in [0.05, 0.1) is 12.1 Å². The molecule has 2 heterocycles. The van der Waals surface area contributed by atoms with Crippen LogP contribution in [0.3, 0.4) is 0 Å². The molecular formula is C17H25N3O3. The van der Waals surface area contributed by atoms with E-state index >= 15 is 0 Å². The second-order valence-corrected chi connectivity index (χ2v) is 6.06. The highest BCUT2D eigenvalue weighted by Gasteiger charge is 2.38. The summed E-state index contributed by atoms with van der Waals surface area (Å²) < 4.78 is 5.73. The van der Waals surface area contributed by atoms with Crippen LogP contribution < -0.4 is 5.32 Å². The molecule has 0 radical (unpaired) electrons. The average molecular weight is 319 g/mol. The number of nitrogens with zero attached hydrogens (tertiary/aromatic N) is 2. The fraction of sp³-hybridized carbons (Fsp3) is 0.588. The van der Waals surface area contributed by atoms with E-state index in [1.807, 2.05) is 19.1 Å². The van der Waals surface area contributed by atoms with E-state index in [2.05, 4.69) is 10.3 Å². The third-order valence-electron chi connectivity index (χ3n) is 4.56. The van der Waals surface area contributed by atoms with Crippen molar-refractivity contribution >= 4 is 11.8 Å². The van der Waals surface area contributed by atoms with E-state index < -0.39 is 5.60 Å². The summed E-state index contributed by atoms with van der Waals surface area (Å²) in [5.74, 6) is -0.0744. The summed E-state index contributed by atoms with van der Waals surface area (Å²) in [5, 5.41) is 2.63. The predicted molar refractivity (Wildman–Crippen MR) is 87.2 cm³/mol. The van der Waals surface area contributed by atoms with Gasteiger partial charge in [-0.15, -0.1) is 0 Å². The van der Waals surface area contributed by atoms with Crippen molar-refractivity contribution in [3.8, 4) is 0 Å². The lowest BCUT2D eigenvalue weighted by molar-refractivity contribution is -0.123. The number of aryl methyl sites for hydroxylation is 1. The maximum atomic E-state index is 12.7. The molecule has 1 aliphatic rings. The van der Waals surface area contributed by atoms with Crippen molar-refractivity contribution < 1.29 is 14.3 Å². The van der Waals surface area contributed by atoms with Gasteiger partial charge in [0.1, 0.15) is 5.69 Å². The van der Waals surface area contributed by atoms with Gasteiger partial charge in [-0.05, 0) is 37.8 Å². The van der Waals surface area contributed by atoms with Crippen molar-refractivity contribution in [3.63, 3.8) is 0 Å². The Morgan fingerprint density at radius 2 is 2.26 bits per heavy atom. The first-order chi connectivity index (χ1) is 11.0. The number of likely N-dealkylation sites (tertiary alicyclic amines) is 1. The van der Waals surface area contributed by atoms with Gasteiger partial charge in [0, 0.05) is 33.3 Å². The minimum absolute atomic E-state index is 0.00885. The largest absolute Gasteiger partial charge is 0.376 e. The predicted octanol–water partition coefficient (Wildman–Crippen LogP) is 1.54. The number of hydrogen-bond donors (Lipinski definition) is 1. The number of nitrogens with one attached hydrogen (secondary N) is 1. The lowest BCUT2D eigenvalue weighted by Gasteiger charge is -2.42. The van der Waals surface area contributed by atoms with E-state index in [0.29, 0.717) is 31.6 Å². The van der Waals surface area contributed by atoms with Crippen molar-refractivity contribution in [2.24, 2.45) is 0 Å². The van der Waals surface area contributed by atoms with Gasteiger partial charge in [-0.2, -0.15) is 0 Å². The molecule has 2 amide bonds. The standard InChI is InChI=1S/C17H25N3O3/c1-13-6-4-10-19-15(13)16(22)20-11-5-8-17(12-20,23-3)9-7-14(21)18-2/h4,6,10H,5,7-9,11-12H2,1-3H3,(H,18,21)/t17-/m0/s1. The number of rotatable bonds is 5. The molecule has 0 unspecified atom stereocenters. The monoisotopic (exact) mass is 319 g/mol. The van der Waals surface area contributed by atoms with Crippen LogP contribution in [0.25, 0.3) is 0 Å². The fourth-order valence-corrected chi connectivity index (χ4v) is 3.07. The molecule has 1 atom stereocenters. The van der Waals surface area contributed by atoms with Crippen LogP contribution in [-0.4, -0.2) is 54.5 Å². The van der Waals surface area contributed by atoms with Gasteiger partial charge < -0.3 is 15.0 Å². The normalized spacial score (nSPS) is 21.1. The highest BCUT2D eigenvalue weighted by atomic mass is 16.5. The summed E-state index contributed by atoms with van der Waals surface area (Å²) in [4.78, 5) is 30.3. The second-order valence-electron chi connectivity index (χ2n) is 6.06. The first-order valence-electron chi connectivity index (χ1n) is 7.98. The smallest absolute Gasteiger partial charge is 0.272 e. The SMILES string of the molecule is CNC(=O)CC[C@@]1(OC)CCCN(C(=O)c2ncccc2C)C1. The number of piperidine rings is 1. The number of pyridine rings is 1. The Balaban J connectivity index is 2.11. The molecule has 1 N–H and O–H groups in total. The van der Waals surface area contributed by atoms with Crippen LogP contribution >= 0.6 is 0 Å². The van der Waals surface area contributed by atoms with Crippen molar-refractivity contribution in [2.45, 2.75) is 38.2 Å². The van der Waals surface area contributed by atoms with Gasteiger partial charge in [-0.25, -0.2) is 0 Å². The number of carbonyl (C=O) groups excluding carboxylic acids is 2. The van der Waals surface area contributed by atoms with E-state index in [9.17, 15) is 9.59 Å². The zero-order chi connectivity index (χ0) is 16.9. The quantitative estimate of drug-likeness (QED) is 0.893. The third-order valence-corrected chi connectivity index (χ3v) is 4.56. The van der Waals surface area contributed by atoms with Crippen LogP contribution in [0.4, 0.5) is 0 Å². The Kier molecular flexibility index (Phi) is 5.71. The number of methoxy groups -OCH3 is 1. The minimum Gasteiger partial charge on any atom is -0.376 e. The number of hydrogen-bond acceptors (Lipinski definition) is 4. The third kappa shape index (κ3) is 4.07. The first-order valence-corrected chi connectivity index (χ1v) is 7.98. The average Bonchev–Trinajstić information content (AvgIpc) is 2.59. The number of aromatic nitrogens is 1. The van der Waals surface area contributed by atoms with Gasteiger partial charge in [-0.1, -0.05) is 6.07 Å². The maximum Gasteiger partial charge on any atom is 0.272 e. The molecule has 2 rings (SSSR count). The molecule has 1 aromatic rings. The van der Waals surface area contributed by atoms with Gasteiger partial charge in [0.25, 0.3) is 5.91 Å². The Bertz CT molecular complexity index is 576. The Morgan fingerprint density at radius 1 is 1.48 bits per heavy atom. The van der Waals surface area contributed by atoms with Crippen LogP contribution in [0.5, 0.6) is 0 Å². The first kappa shape index (κ1) is 17.4. The fourth-order valence-electron chi connectivity index (χ4n) is 3.07. The summed E-state index contributed by atoms with van der Waals surface area (Å²) in [5.41, 5.74) is 0.908. The van der Waals surface area contributed by atoms with E-state index in [-0.39, 0.29) is 11.8 Å². The van der Waals surface area contributed by atoms with Gasteiger partial charge in [0.2, 0.25) is 5.91 Å². The topological polar surface area (TPSA) is 71.5 Å². The summed E-state index contributed by atoms with van der Waals surface area (Å²) in [6.07, 6.45) is 4.35. The Morgan fingerprint density at radius 3 is 2.91 bits per heavy atom. The molecular weight excluding hydrogens is 294 g/mol. The summed E-state index contributed by atoms with van der Waals surface area (Å²) in [6, 6.07) is 3.71. The van der Waals surface area contributed by atoms with Crippen molar-refractivity contribution in [1.82, 2.24) is 15.2 Å². The molecule has 6 heteroatoms. The number of ether oxygens (including phenoxy) is 1. The molecule has 0 aliphatic carbocycles. The molecule has 23 heavy (non-hydrogen) atoms. The van der Waals surface area contributed by atoms with Crippen molar-refractivity contribution in [2.75, 3.05) is 27.2 Å². The molecule has 0 bridgehead atoms. The lowest BCUT2D eigenvalue weighted by Crippen LogP contribution is -2.52. The summed E-state index contributed by atoms with van der Waals surface area (Å²) in [7, 11) is 3.28. The molecule has 126 valence electrons. The Labute approximate surface area is 137 Å². The highest BCUT2D eigenvalue weighted by Crippen LogP contribution is 2.30. The van der Waals surface area contributed by atoms with Crippen molar-refractivity contribution in [1.29, 1.82) is 0 Å². The molecule has 0 aromatic carbocycles. The summed E-state index contributed by atoms with van der Waals surface area (Å²) >= 11 is 0. The Hall–Kier alpha value is -1.95. The van der Waals surface area contributed by atoms with E-state index in [0.717, 1.165) is 18.4 Å². The van der Waals surface area contributed by atoms with Crippen LogP contribution in [0.15, 0.2) is 18.3 Å². The molecule has 1 aromatic heterocycles. The van der Waals surface area contributed by atoms with Gasteiger partial charge >= 0.3 is 0 Å². The second kappa shape index (κ2) is 7.55. The molecule has 1 aliphatic heterocycles. The van der Waals surface area contributed by atoms with E-state index in [1.165, 1.54) is 0 Å². The molecule has 1 saturated heterocycles. The number of amides is 2.